The van der Waals surface area contributed by atoms with Crippen molar-refractivity contribution < 1.29 is 9.18 Å². The molecule has 1 saturated carbocycles. The predicted molar refractivity (Wildman–Crippen MR) is 98.7 cm³/mol. The molecule has 0 unspecified atom stereocenters. The highest BCUT2D eigenvalue weighted by atomic mass is 32.1. The normalized spacial score (nSPS) is 13.6. The van der Waals surface area contributed by atoms with Gasteiger partial charge >= 0.3 is 0 Å². The summed E-state index contributed by atoms with van der Waals surface area (Å²) in [6.07, 6.45) is 8.03. The number of hydrogen-bond acceptors (Lipinski definition) is 7. The van der Waals surface area contributed by atoms with Gasteiger partial charge in [0, 0.05) is 17.5 Å². The Bertz CT molecular complexity index is 1150. The summed E-state index contributed by atoms with van der Waals surface area (Å²) in [6, 6.07) is 1.40. The van der Waals surface area contributed by atoms with E-state index in [0.29, 0.717) is 22.6 Å². The van der Waals surface area contributed by atoms with Crippen LogP contribution in [-0.2, 0) is 0 Å². The number of aromatic amines is 1. The zero-order valence-corrected chi connectivity index (χ0v) is 15.1. The minimum Gasteiger partial charge on any atom is -0.326 e. The van der Waals surface area contributed by atoms with Crippen LogP contribution in [0.15, 0.2) is 36.5 Å². The number of amides is 1. The van der Waals surface area contributed by atoms with Crippen molar-refractivity contribution >= 4 is 23.1 Å². The highest BCUT2D eigenvalue weighted by Gasteiger charge is 2.26. The van der Waals surface area contributed by atoms with Gasteiger partial charge in [-0.15, -0.1) is 21.5 Å². The van der Waals surface area contributed by atoms with Gasteiger partial charge in [0.2, 0.25) is 0 Å². The number of hydrogen-bond donors (Lipinski definition) is 2. The molecular weight excluding hydrogens is 383 g/mol. The average Bonchev–Trinajstić information content (AvgIpc) is 3.11. The van der Waals surface area contributed by atoms with Crippen molar-refractivity contribution in [3.63, 3.8) is 0 Å². The van der Waals surface area contributed by atoms with E-state index in [1.54, 1.807) is 22.5 Å². The lowest BCUT2D eigenvalue weighted by Gasteiger charge is -2.06. The summed E-state index contributed by atoms with van der Waals surface area (Å²) in [5, 5.41) is 12.5. The zero-order valence-electron chi connectivity index (χ0n) is 14.3. The van der Waals surface area contributed by atoms with E-state index in [0.717, 1.165) is 24.7 Å². The third kappa shape index (κ3) is 3.16. The van der Waals surface area contributed by atoms with E-state index in [1.807, 2.05) is 0 Å². The van der Waals surface area contributed by atoms with Crippen LogP contribution in [0.25, 0.3) is 16.5 Å². The molecule has 1 fully saturated rings. The number of carbonyl (C=O) groups excluding carboxylic acids is 1. The number of imidazole rings is 1. The van der Waals surface area contributed by atoms with Crippen LogP contribution in [0.4, 0.5) is 10.2 Å². The van der Waals surface area contributed by atoms with Crippen molar-refractivity contribution in [2.75, 3.05) is 5.32 Å². The van der Waals surface area contributed by atoms with Gasteiger partial charge in [0.1, 0.15) is 17.8 Å². The zero-order chi connectivity index (χ0) is 19.1. The van der Waals surface area contributed by atoms with Crippen LogP contribution >= 0.6 is 11.3 Å². The second-order valence-corrected chi connectivity index (χ2v) is 7.19. The summed E-state index contributed by atoms with van der Waals surface area (Å²) in [4.78, 5) is 27.9. The van der Waals surface area contributed by atoms with E-state index >= 15 is 0 Å². The van der Waals surface area contributed by atoms with Crippen LogP contribution < -0.4 is 5.32 Å². The van der Waals surface area contributed by atoms with Crippen molar-refractivity contribution in [2.24, 2.45) is 0 Å². The van der Waals surface area contributed by atoms with Crippen molar-refractivity contribution in [1.82, 2.24) is 34.7 Å². The highest BCUT2D eigenvalue weighted by molar-refractivity contribution is 7.13. The molecule has 1 amide bonds. The molecule has 0 aromatic carbocycles. The molecule has 0 aliphatic heterocycles. The van der Waals surface area contributed by atoms with Gasteiger partial charge in [-0.2, -0.15) is 0 Å². The largest absolute Gasteiger partial charge is 0.326 e. The number of H-pyrrole nitrogens is 1. The quantitative estimate of drug-likeness (QED) is 0.536. The van der Waals surface area contributed by atoms with E-state index in [1.165, 1.54) is 23.7 Å². The topological polar surface area (TPSA) is 114 Å². The van der Waals surface area contributed by atoms with Crippen LogP contribution in [0.5, 0.6) is 0 Å². The van der Waals surface area contributed by atoms with Crippen molar-refractivity contribution in [1.29, 1.82) is 0 Å². The molecule has 1 aliphatic rings. The first kappa shape index (κ1) is 16.7. The highest BCUT2D eigenvalue weighted by Crippen LogP contribution is 2.39. The van der Waals surface area contributed by atoms with E-state index < -0.39 is 11.7 Å². The molecule has 11 heteroatoms. The van der Waals surface area contributed by atoms with Gasteiger partial charge in [-0.05, 0) is 18.9 Å². The summed E-state index contributed by atoms with van der Waals surface area (Å²) in [5.41, 5.74) is 1.23. The lowest BCUT2D eigenvalue weighted by molar-refractivity contribution is 0.102. The Balaban J connectivity index is 1.37. The molecule has 0 atom stereocenters. The molecule has 28 heavy (non-hydrogen) atoms. The SMILES string of the molecule is O=C(Nc1csc(-c2nnc[nH]2)n1)c1cc(-n2cnc(C3CC3)c2)c(F)cn1. The molecule has 5 rings (SSSR count). The Morgan fingerprint density at radius 1 is 1.36 bits per heavy atom. The number of nitrogens with one attached hydrogen (secondary N) is 2. The summed E-state index contributed by atoms with van der Waals surface area (Å²) >= 11 is 1.31. The second kappa shape index (κ2) is 6.60. The Morgan fingerprint density at radius 2 is 2.25 bits per heavy atom. The van der Waals surface area contributed by atoms with Gasteiger partial charge in [-0.3, -0.25) is 4.79 Å². The summed E-state index contributed by atoms with van der Waals surface area (Å²) in [6.45, 7) is 0. The molecule has 4 aromatic heterocycles. The first-order valence-corrected chi connectivity index (χ1v) is 9.38. The predicted octanol–water partition coefficient (Wildman–Crippen LogP) is 2.78. The maximum absolute atomic E-state index is 14.3. The van der Waals surface area contributed by atoms with Crippen LogP contribution in [0, 0.1) is 5.82 Å². The molecular formula is C17H13FN8OS. The molecule has 0 spiro atoms. The monoisotopic (exact) mass is 396 g/mol. The van der Waals surface area contributed by atoms with Gasteiger partial charge in [0.05, 0.1) is 23.9 Å². The molecule has 0 bridgehead atoms. The Hall–Kier alpha value is -3.47. The lowest BCUT2D eigenvalue weighted by atomic mass is 10.3. The fourth-order valence-corrected chi connectivity index (χ4v) is 3.44. The number of halogens is 1. The molecule has 140 valence electrons. The minimum atomic E-state index is -0.530. The third-order valence-corrected chi connectivity index (χ3v) is 5.16. The molecule has 1 aliphatic carbocycles. The number of pyridine rings is 1. The van der Waals surface area contributed by atoms with Crippen LogP contribution in [0.1, 0.15) is 34.9 Å². The molecule has 2 N–H and O–H groups in total. The standard InChI is InChI=1S/C17H13FN8OS/c18-10-4-19-11(3-13(10)26-5-12(21-8-26)9-1-2-9)16(27)23-14-6-28-17(24-14)15-20-7-22-25-15/h3-9H,1-2H2,(H,23,27)(H,20,22,25). The second-order valence-electron chi connectivity index (χ2n) is 6.33. The van der Waals surface area contributed by atoms with E-state index in [2.05, 4.69) is 35.5 Å². The first-order valence-electron chi connectivity index (χ1n) is 8.50. The Labute approximate surface area is 161 Å². The fourth-order valence-electron chi connectivity index (χ4n) is 2.74. The Morgan fingerprint density at radius 3 is 3.04 bits per heavy atom. The minimum absolute atomic E-state index is 0.0762. The lowest BCUT2D eigenvalue weighted by Crippen LogP contribution is -2.15. The molecule has 9 nitrogen and oxygen atoms in total. The molecule has 0 radical (unpaired) electrons. The van der Waals surface area contributed by atoms with Crippen LogP contribution in [-0.4, -0.2) is 40.6 Å². The van der Waals surface area contributed by atoms with Gasteiger partial charge in [0.25, 0.3) is 5.91 Å². The van der Waals surface area contributed by atoms with Crippen molar-refractivity contribution in [3.05, 3.63) is 53.7 Å². The summed E-state index contributed by atoms with van der Waals surface area (Å²) in [5.74, 6) is 0.305. The fraction of sp³-hybridized carbons (Fsp3) is 0.176. The number of carbonyl (C=O) groups is 1. The van der Waals surface area contributed by atoms with E-state index in [-0.39, 0.29) is 11.4 Å². The molecule has 4 aromatic rings. The van der Waals surface area contributed by atoms with E-state index in [4.69, 9.17) is 0 Å². The number of rotatable bonds is 5. The number of nitrogens with zero attached hydrogens (tertiary/aromatic N) is 6. The van der Waals surface area contributed by atoms with Gasteiger partial charge in [0.15, 0.2) is 16.6 Å². The maximum Gasteiger partial charge on any atom is 0.275 e. The summed E-state index contributed by atoms with van der Waals surface area (Å²) < 4.78 is 15.8. The maximum atomic E-state index is 14.3. The van der Waals surface area contributed by atoms with Crippen LogP contribution in [0.2, 0.25) is 0 Å². The third-order valence-electron chi connectivity index (χ3n) is 4.31. The number of aromatic nitrogens is 7. The van der Waals surface area contributed by atoms with Crippen molar-refractivity contribution in [2.45, 2.75) is 18.8 Å². The first-order chi connectivity index (χ1) is 13.7. The van der Waals surface area contributed by atoms with Crippen molar-refractivity contribution in [3.8, 4) is 16.5 Å². The average molecular weight is 396 g/mol. The molecule has 0 saturated heterocycles. The van der Waals surface area contributed by atoms with Gasteiger partial charge in [-0.1, -0.05) is 0 Å². The summed E-state index contributed by atoms with van der Waals surface area (Å²) in [7, 11) is 0. The Kier molecular flexibility index (Phi) is 3.93. The van der Waals surface area contributed by atoms with E-state index in [9.17, 15) is 9.18 Å². The number of thiazole rings is 1. The van der Waals surface area contributed by atoms with Crippen LogP contribution in [0.3, 0.4) is 0 Å². The number of anilines is 1. The van der Waals surface area contributed by atoms with Gasteiger partial charge in [-0.25, -0.2) is 19.3 Å². The smallest absolute Gasteiger partial charge is 0.275 e. The molecule has 4 heterocycles. The van der Waals surface area contributed by atoms with Gasteiger partial charge < -0.3 is 14.9 Å².